The van der Waals surface area contributed by atoms with E-state index in [-0.39, 0.29) is 23.6 Å². The maximum atomic E-state index is 11.8. The lowest BCUT2D eigenvalue weighted by Gasteiger charge is -2.10. The maximum absolute atomic E-state index is 11.8. The number of carbonyl (C=O) groups excluding carboxylic acids is 1. The molecule has 0 atom stereocenters. The Bertz CT molecular complexity index is 857. The number of hydrazone groups is 1. The van der Waals surface area contributed by atoms with Crippen LogP contribution in [-0.2, 0) is 4.79 Å². The number of carbonyl (C=O) groups is 1. The van der Waals surface area contributed by atoms with Gasteiger partial charge in [-0.1, -0.05) is 18.2 Å². The molecular weight excluding hydrogens is 338 g/mol. The van der Waals surface area contributed by atoms with Crippen molar-refractivity contribution in [2.24, 2.45) is 5.10 Å². The van der Waals surface area contributed by atoms with Gasteiger partial charge in [0, 0.05) is 17.7 Å². The molecule has 0 spiro atoms. The lowest BCUT2D eigenvalue weighted by molar-refractivity contribution is -0.384. The molecule has 2 aromatic rings. The van der Waals surface area contributed by atoms with Crippen molar-refractivity contribution in [1.29, 1.82) is 0 Å². The Morgan fingerprint density at radius 2 is 1.92 bits per heavy atom. The Hall–Kier alpha value is -3.42. The number of nitrogens with zero attached hydrogens (tertiary/aromatic N) is 2. The van der Waals surface area contributed by atoms with E-state index in [0.717, 1.165) is 17.3 Å². The zero-order valence-corrected chi connectivity index (χ0v) is 14.6. The van der Waals surface area contributed by atoms with Crippen molar-refractivity contribution in [3.05, 3.63) is 62.7 Å². The van der Waals surface area contributed by atoms with Gasteiger partial charge in [-0.2, -0.15) is 5.10 Å². The molecule has 0 bridgehead atoms. The molecular formula is C18H19N3O5. The number of hydrogen-bond donors (Lipinski definition) is 2. The molecule has 0 fully saturated rings. The smallest absolute Gasteiger partial charge is 0.277 e. The quantitative estimate of drug-likeness (QED) is 0.469. The number of non-ortho nitro benzene ring substituents is 1. The van der Waals surface area contributed by atoms with Gasteiger partial charge in [0.15, 0.2) is 6.61 Å². The fraction of sp³-hybridized carbons (Fsp3) is 0.222. The first-order chi connectivity index (χ1) is 12.3. The van der Waals surface area contributed by atoms with Crippen molar-refractivity contribution < 1.29 is 19.6 Å². The van der Waals surface area contributed by atoms with E-state index in [2.05, 4.69) is 10.5 Å². The third-order valence-corrected chi connectivity index (χ3v) is 3.67. The fourth-order valence-corrected chi connectivity index (χ4v) is 2.36. The molecule has 0 radical (unpaired) electrons. The van der Waals surface area contributed by atoms with Crippen LogP contribution in [0, 0.1) is 30.9 Å². The van der Waals surface area contributed by atoms with Gasteiger partial charge < -0.3 is 9.84 Å². The topological polar surface area (TPSA) is 114 Å². The first-order valence-electron chi connectivity index (χ1n) is 7.78. The van der Waals surface area contributed by atoms with Gasteiger partial charge in [0.05, 0.1) is 11.1 Å². The Balaban J connectivity index is 2.00. The molecule has 8 nitrogen and oxygen atoms in total. The maximum Gasteiger partial charge on any atom is 0.277 e. The molecule has 26 heavy (non-hydrogen) atoms. The molecule has 0 saturated heterocycles. The van der Waals surface area contributed by atoms with Crippen LogP contribution in [0.25, 0.3) is 0 Å². The zero-order valence-electron chi connectivity index (χ0n) is 14.6. The number of nitrogens with one attached hydrogen (secondary N) is 1. The molecule has 2 N–H and O–H groups in total. The number of benzene rings is 2. The Kier molecular flexibility index (Phi) is 5.90. The average Bonchev–Trinajstić information content (AvgIpc) is 2.57. The summed E-state index contributed by atoms with van der Waals surface area (Å²) in [5.74, 6) is 0.00418. The first-order valence-corrected chi connectivity index (χ1v) is 7.78. The van der Waals surface area contributed by atoms with E-state index < -0.39 is 10.8 Å². The van der Waals surface area contributed by atoms with Gasteiger partial charge in [-0.25, -0.2) is 5.43 Å². The zero-order chi connectivity index (χ0) is 19.3. The van der Waals surface area contributed by atoms with Crippen LogP contribution in [0.1, 0.15) is 22.3 Å². The minimum atomic E-state index is -0.569. The van der Waals surface area contributed by atoms with Crippen LogP contribution in [-0.4, -0.2) is 28.8 Å². The Labute approximate surface area is 150 Å². The predicted octanol–water partition coefficient (Wildman–Crippen LogP) is 2.75. The van der Waals surface area contributed by atoms with Gasteiger partial charge in [0.25, 0.3) is 11.6 Å². The number of phenolic OH excluding ortho intramolecular Hbond substituents is 1. The summed E-state index contributed by atoms with van der Waals surface area (Å²) in [6, 6.07) is 8.09. The van der Waals surface area contributed by atoms with E-state index in [1.165, 1.54) is 19.1 Å². The molecule has 0 heterocycles. The number of aryl methyl sites for hydroxylation is 3. The van der Waals surface area contributed by atoms with Crippen molar-refractivity contribution in [1.82, 2.24) is 5.43 Å². The largest absolute Gasteiger partial charge is 0.507 e. The van der Waals surface area contributed by atoms with Gasteiger partial charge >= 0.3 is 0 Å². The van der Waals surface area contributed by atoms with E-state index in [1.54, 1.807) is 0 Å². The number of ether oxygens (including phenoxy) is 1. The second-order valence-electron chi connectivity index (χ2n) is 5.76. The van der Waals surface area contributed by atoms with Gasteiger partial charge in [-0.3, -0.25) is 14.9 Å². The highest BCUT2D eigenvalue weighted by molar-refractivity contribution is 5.87. The molecule has 0 saturated carbocycles. The number of hydrogen-bond acceptors (Lipinski definition) is 6. The van der Waals surface area contributed by atoms with Crippen LogP contribution in [0.3, 0.4) is 0 Å². The van der Waals surface area contributed by atoms with Crippen LogP contribution >= 0.6 is 0 Å². The van der Waals surface area contributed by atoms with E-state index in [0.29, 0.717) is 11.3 Å². The summed E-state index contributed by atoms with van der Waals surface area (Å²) in [6.45, 7) is 5.07. The first kappa shape index (κ1) is 18.9. The average molecular weight is 357 g/mol. The molecule has 8 heteroatoms. The number of phenols is 1. The Morgan fingerprint density at radius 3 is 2.54 bits per heavy atom. The number of rotatable bonds is 6. The lowest BCUT2D eigenvalue weighted by Crippen LogP contribution is -2.25. The van der Waals surface area contributed by atoms with Crippen molar-refractivity contribution in [2.45, 2.75) is 20.8 Å². The SMILES string of the molecule is Cc1cc([N+](=O)[O-])cc(/C=N\NC(=O)COc2c(C)cccc2C)c1O. The van der Waals surface area contributed by atoms with Crippen LogP contribution in [0.15, 0.2) is 35.4 Å². The second-order valence-corrected chi connectivity index (χ2v) is 5.76. The van der Waals surface area contributed by atoms with Gasteiger partial charge in [-0.05, 0) is 37.5 Å². The Morgan fingerprint density at radius 1 is 1.27 bits per heavy atom. The molecule has 2 rings (SSSR count). The van der Waals surface area contributed by atoms with Crippen molar-refractivity contribution in [3.8, 4) is 11.5 Å². The summed E-state index contributed by atoms with van der Waals surface area (Å²) in [5, 5.41) is 24.5. The third-order valence-electron chi connectivity index (χ3n) is 3.67. The van der Waals surface area contributed by atoms with Crippen LogP contribution < -0.4 is 10.2 Å². The van der Waals surface area contributed by atoms with Gasteiger partial charge in [0.1, 0.15) is 11.5 Å². The molecule has 0 aromatic heterocycles. The minimum Gasteiger partial charge on any atom is -0.507 e. The van der Waals surface area contributed by atoms with E-state index in [1.807, 2.05) is 32.0 Å². The highest BCUT2D eigenvalue weighted by Crippen LogP contribution is 2.26. The summed E-state index contributed by atoms with van der Waals surface area (Å²) >= 11 is 0. The number of aromatic hydroxyl groups is 1. The normalized spacial score (nSPS) is 10.7. The summed E-state index contributed by atoms with van der Waals surface area (Å²) in [5.41, 5.74) is 4.39. The predicted molar refractivity (Wildman–Crippen MR) is 96.6 cm³/mol. The summed E-state index contributed by atoms with van der Waals surface area (Å²) in [4.78, 5) is 22.1. The fourth-order valence-electron chi connectivity index (χ4n) is 2.36. The molecule has 0 aliphatic carbocycles. The number of para-hydroxylation sites is 1. The number of nitro benzene ring substituents is 1. The minimum absolute atomic E-state index is 0.132. The molecule has 136 valence electrons. The second kappa shape index (κ2) is 8.11. The number of nitro groups is 1. The van der Waals surface area contributed by atoms with Crippen LogP contribution in [0.5, 0.6) is 11.5 Å². The highest BCUT2D eigenvalue weighted by Gasteiger charge is 2.13. The highest BCUT2D eigenvalue weighted by atomic mass is 16.6. The van der Waals surface area contributed by atoms with Crippen molar-refractivity contribution >= 4 is 17.8 Å². The molecule has 0 aliphatic heterocycles. The molecule has 0 unspecified atom stereocenters. The van der Waals surface area contributed by atoms with Crippen molar-refractivity contribution in [2.75, 3.05) is 6.61 Å². The standard InChI is InChI=1S/C18H19N3O5/c1-11-5-4-6-12(2)18(11)26-10-16(22)20-19-9-14-8-15(21(24)25)7-13(3)17(14)23/h4-9,23H,10H2,1-3H3,(H,20,22)/b19-9-. The van der Waals surface area contributed by atoms with Gasteiger partial charge in [-0.15, -0.1) is 0 Å². The van der Waals surface area contributed by atoms with Gasteiger partial charge in [0.2, 0.25) is 0 Å². The van der Waals surface area contributed by atoms with Crippen molar-refractivity contribution in [3.63, 3.8) is 0 Å². The molecule has 2 aromatic carbocycles. The van der Waals surface area contributed by atoms with Crippen LogP contribution in [0.4, 0.5) is 5.69 Å². The molecule has 0 aliphatic rings. The summed E-state index contributed by atoms with van der Waals surface area (Å²) < 4.78 is 5.50. The number of amides is 1. The monoisotopic (exact) mass is 357 g/mol. The summed E-state index contributed by atoms with van der Waals surface area (Å²) in [6.07, 6.45) is 1.15. The van der Waals surface area contributed by atoms with E-state index in [9.17, 15) is 20.0 Å². The lowest BCUT2D eigenvalue weighted by atomic mass is 10.1. The molecule has 1 amide bonds. The third kappa shape index (κ3) is 4.56. The van der Waals surface area contributed by atoms with Crippen LogP contribution in [0.2, 0.25) is 0 Å². The van der Waals surface area contributed by atoms with E-state index in [4.69, 9.17) is 4.74 Å². The summed E-state index contributed by atoms with van der Waals surface area (Å²) in [7, 11) is 0. The van der Waals surface area contributed by atoms with E-state index >= 15 is 0 Å².